The highest BCUT2D eigenvalue weighted by atomic mass is 16.2. The lowest BCUT2D eigenvalue weighted by Gasteiger charge is -2.32. The zero-order valence-corrected chi connectivity index (χ0v) is 14.4. The number of nitrogens with zero attached hydrogens (tertiary/aromatic N) is 5. The molecule has 1 saturated heterocycles. The number of aromatic nitrogens is 4. The van der Waals surface area contributed by atoms with Crippen molar-refractivity contribution in [3.05, 3.63) is 45.9 Å². The number of amides is 1. The van der Waals surface area contributed by atoms with E-state index in [0.717, 1.165) is 25.1 Å². The van der Waals surface area contributed by atoms with Crippen LogP contribution in [0.25, 0.3) is 0 Å². The molecule has 3 rings (SSSR count). The third-order valence-corrected chi connectivity index (χ3v) is 4.75. The molecule has 0 aliphatic carbocycles. The molecule has 7 nitrogen and oxygen atoms in total. The molecule has 0 bridgehead atoms. The highest BCUT2D eigenvalue weighted by Gasteiger charge is 2.26. The van der Waals surface area contributed by atoms with Crippen molar-refractivity contribution < 1.29 is 4.79 Å². The van der Waals surface area contributed by atoms with Gasteiger partial charge in [-0.15, -0.1) is 0 Å². The third-order valence-electron chi connectivity index (χ3n) is 4.75. The smallest absolute Gasteiger partial charge is 0.256 e. The van der Waals surface area contributed by atoms with Gasteiger partial charge in [0.25, 0.3) is 5.56 Å². The van der Waals surface area contributed by atoms with E-state index in [4.69, 9.17) is 0 Å². The Balaban J connectivity index is 1.71. The fraction of sp³-hybridized carbons (Fsp3) is 0.529. The fourth-order valence-corrected chi connectivity index (χ4v) is 3.13. The van der Waals surface area contributed by atoms with Crippen LogP contribution in [-0.4, -0.2) is 43.2 Å². The monoisotopic (exact) mass is 329 g/mol. The summed E-state index contributed by atoms with van der Waals surface area (Å²) < 4.78 is 3.19. The molecule has 2 aromatic heterocycles. The summed E-state index contributed by atoms with van der Waals surface area (Å²) in [7, 11) is 1.90. The van der Waals surface area contributed by atoms with Gasteiger partial charge in [-0.2, -0.15) is 5.10 Å². The second-order valence-electron chi connectivity index (χ2n) is 6.48. The predicted octanol–water partition coefficient (Wildman–Crippen LogP) is 1.000. The van der Waals surface area contributed by atoms with Crippen molar-refractivity contribution >= 4 is 5.91 Å². The number of hydrogen-bond acceptors (Lipinski definition) is 4. The van der Waals surface area contributed by atoms with Crippen molar-refractivity contribution in [2.45, 2.75) is 39.2 Å². The van der Waals surface area contributed by atoms with Gasteiger partial charge in [0.1, 0.15) is 6.54 Å². The minimum absolute atomic E-state index is 0.0391. The summed E-state index contributed by atoms with van der Waals surface area (Å²) in [6.45, 7) is 4.97. The maximum atomic E-state index is 12.6. The average Bonchev–Trinajstić information content (AvgIpc) is 3.02. The number of piperidine rings is 1. The third kappa shape index (κ3) is 3.25. The summed E-state index contributed by atoms with van der Waals surface area (Å²) >= 11 is 0. The number of aryl methyl sites for hydroxylation is 2. The van der Waals surface area contributed by atoms with Crippen LogP contribution < -0.4 is 5.56 Å². The van der Waals surface area contributed by atoms with Gasteiger partial charge in [0.2, 0.25) is 5.91 Å². The molecule has 3 heterocycles. The van der Waals surface area contributed by atoms with Crippen LogP contribution in [0, 0.1) is 13.8 Å². The molecular formula is C17H23N5O2. The minimum atomic E-state index is -0.144. The van der Waals surface area contributed by atoms with Crippen LogP contribution in [-0.2, 0) is 18.4 Å². The summed E-state index contributed by atoms with van der Waals surface area (Å²) in [5.41, 5.74) is 2.18. The van der Waals surface area contributed by atoms with Gasteiger partial charge >= 0.3 is 0 Å². The van der Waals surface area contributed by atoms with E-state index in [2.05, 4.69) is 10.1 Å². The average molecular weight is 329 g/mol. The first kappa shape index (κ1) is 16.4. The predicted molar refractivity (Wildman–Crippen MR) is 89.7 cm³/mol. The van der Waals surface area contributed by atoms with Crippen LogP contribution in [0.2, 0.25) is 0 Å². The Morgan fingerprint density at radius 2 is 2.17 bits per heavy atom. The van der Waals surface area contributed by atoms with Crippen LogP contribution in [0.5, 0.6) is 0 Å². The quantitative estimate of drug-likeness (QED) is 0.842. The molecule has 1 atom stereocenters. The Morgan fingerprint density at radius 3 is 2.88 bits per heavy atom. The number of hydrogen-bond donors (Lipinski definition) is 0. The maximum Gasteiger partial charge on any atom is 0.256 e. The highest BCUT2D eigenvalue weighted by Crippen LogP contribution is 2.25. The SMILES string of the molecule is Cc1ncn(CC(=O)N2CCCC(c3ccn(C)n3)C2)c(=O)c1C. The zero-order valence-electron chi connectivity index (χ0n) is 14.4. The second kappa shape index (κ2) is 6.59. The van der Waals surface area contributed by atoms with Gasteiger partial charge in [-0.25, -0.2) is 4.98 Å². The molecule has 1 aliphatic heterocycles. The Labute approximate surface area is 140 Å². The lowest BCUT2D eigenvalue weighted by Crippen LogP contribution is -2.42. The van der Waals surface area contributed by atoms with Crippen molar-refractivity contribution in [1.29, 1.82) is 0 Å². The topological polar surface area (TPSA) is 73.0 Å². The number of likely N-dealkylation sites (tertiary alicyclic amines) is 1. The molecule has 128 valence electrons. The summed E-state index contributed by atoms with van der Waals surface area (Å²) in [6.07, 6.45) is 5.37. The maximum absolute atomic E-state index is 12.6. The van der Waals surface area contributed by atoms with E-state index in [1.165, 1.54) is 10.9 Å². The van der Waals surface area contributed by atoms with E-state index in [1.54, 1.807) is 18.5 Å². The Hall–Kier alpha value is -2.44. The Morgan fingerprint density at radius 1 is 1.38 bits per heavy atom. The second-order valence-corrected chi connectivity index (χ2v) is 6.48. The molecule has 0 N–H and O–H groups in total. The first-order valence-corrected chi connectivity index (χ1v) is 8.25. The van der Waals surface area contributed by atoms with E-state index in [0.29, 0.717) is 17.8 Å². The molecule has 1 fully saturated rings. The van der Waals surface area contributed by atoms with Crippen molar-refractivity contribution in [2.75, 3.05) is 13.1 Å². The van der Waals surface area contributed by atoms with Gasteiger partial charge < -0.3 is 4.90 Å². The van der Waals surface area contributed by atoms with Gasteiger partial charge in [-0.3, -0.25) is 18.8 Å². The van der Waals surface area contributed by atoms with E-state index in [9.17, 15) is 9.59 Å². The van der Waals surface area contributed by atoms with Crippen molar-refractivity contribution in [3.8, 4) is 0 Å². The lowest BCUT2D eigenvalue weighted by molar-refractivity contribution is -0.133. The lowest BCUT2D eigenvalue weighted by atomic mass is 9.95. The minimum Gasteiger partial charge on any atom is -0.340 e. The van der Waals surface area contributed by atoms with Gasteiger partial charge in [0.05, 0.1) is 12.0 Å². The molecule has 1 unspecified atom stereocenters. The molecule has 1 aliphatic rings. The largest absolute Gasteiger partial charge is 0.340 e. The van der Waals surface area contributed by atoms with Crippen LogP contribution in [0.15, 0.2) is 23.4 Å². The molecule has 7 heteroatoms. The summed E-state index contributed by atoms with van der Waals surface area (Å²) in [5.74, 6) is 0.223. The van der Waals surface area contributed by atoms with E-state index in [1.807, 2.05) is 24.2 Å². The molecule has 0 saturated carbocycles. The molecule has 2 aromatic rings. The van der Waals surface area contributed by atoms with Crippen molar-refractivity contribution in [1.82, 2.24) is 24.2 Å². The Kier molecular flexibility index (Phi) is 4.51. The van der Waals surface area contributed by atoms with Crippen LogP contribution in [0.3, 0.4) is 0 Å². The van der Waals surface area contributed by atoms with Gasteiger partial charge in [-0.05, 0) is 32.8 Å². The van der Waals surface area contributed by atoms with Crippen LogP contribution in [0.4, 0.5) is 0 Å². The molecular weight excluding hydrogens is 306 g/mol. The zero-order chi connectivity index (χ0) is 17.3. The van der Waals surface area contributed by atoms with Crippen molar-refractivity contribution in [3.63, 3.8) is 0 Å². The van der Waals surface area contributed by atoms with E-state index >= 15 is 0 Å². The van der Waals surface area contributed by atoms with Crippen molar-refractivity contribution in [2.24, 2.45) is 7.05 Å². The van der Waals surface area contributed by atoms with Crippen LogP contribution >= 0.6 is 0 Å². The summed E-state index contributed by atoms with van der Waals surface area (Å²) in [5, 5.41) is 4.46. The molecule has 0 spiro atoms. The van der Waals surface area contributed by atoms with Gasteiger partial charge in [0, 0.05) is 43.5 Å². The number of rotatable bonds is 3. The Bertz CT molecular complexity index is 808. The van der Waals surface area contributed by atoms with Gasteiger partial charge in [-0.1, -0.05) is 0 Å². The fourth-order valence-electron chi connectivity index (χ4n) is 3.13. The first-order chi connectivity index (χ1) is 11.5. The summed E-state index contributed by atoms with van der Waals surface area (Å²) in [4.78, 5) is 30.9. The molecule has 24 heavy (non-hydrogen) atoms. The van der Waals surface area contributed by atoms with E-state index in [-0.39, 0.29) is 23.9 Å². The first-order valence-electron chi connectivity index (χ1n) is 8.25. The number of carbonyl (C=O) groups excluding carboxylic acids is 1. The highest BCUT2D eigenvalue weighted by molar-refractivity contribution is 5.76. The molecule has 1 amide bonds. The molecule has 0 aromatic carbocycles. The van der Waals surface area contributed by atoms with E-state index < -0.39 is 0 Å². The normalized spacial score (nSPS) is 18.0. The van der Waals surface area contributed by atoms with Crippen LogP contribution in [0.1, 0.15) is 35.7 Å². The molecule has 0 radical (unpaired) electrons. The summed E-state index contributed by atoms with van der Waals surface area (Å²) in [6, 6.07) is 2.01. The van der Waals surface area contributed by atoms with Gasteiger partial charge in [0.15, 0.2) is 0 Å². The standard InChI is InChI=1S/C17H23N5O2/c1-12-13(2)18-11-22(17(12)24)10-16(23)21-7-4-5-14(9-21)15-6-8-20(3)19-15/h6,8,11,14H,4-5,7,9-10H2,1-3H3. The number of carbonyl (C=O) groups is 1.